The fourth-order valence-electron chi connectivity index (χ4n) is 1.10. The number of pyridine rings is 1. The van der Waals surface area contributed by atoms with Gasteiger partial charge in [-0.05, 0) is 6.07 Å². The van der Waals surface area contributed by atoms with Crippen molar-refractivity contribution in [3.8, 4) is 5.75 Å². The Morgan fingerprint density at radius 2 is 1.94 bits per heavy atom. The van der Waals surface area contributed by atoms with E-state index in [1.54, 1.807) is 0 Å². The van der Waals surface area contributed by atoms with Crippen LogP contribution in [0.5, 0.6) is 5.75 Å². The highest BCUT2D eigenvalue weighted by molar-refractivity contribution is 5.36. The molecule has 1 heterocycles. The predicted molar refractivity (Wildman–Crippen MR) is 43.8 cm³/mol. The van der Waals surface area contributed by atoms with Gasteiger partial charge in [0, 0.05) is 6.54 Å². The maximum Gasteiger partial charge on any atom is 0.433 e. The van der Waals surface area contributed by atoms with Crippen LogP contribution in [-0.2, 0) is 12.7 Å². The second-order valence-electron chi connectivity index (χ2n) is 2.89. The summed E-state index contributed by atoms with van der Waals surface area (Å²) in [7, 11) is 0. The van der Waals surface area contributed by atoms with Gasteiger partial charge in [0.15, 0.2) is 5.69 Å². The van der Waals surface area contributed by atoms with Crippen molar-refractivity contribution in [2.75, 3.05) is 0 Å². The van der Waals surface area contributed by atoms with Gasteiger partial charge < -0.3 is 10.8 Å². The van der Waals surface area contributed by atoms with Gasteiger partial charge in [-0.15, -0.1) is 0 Å². The van der Waals surface area contributed by atoms with E-state index in [-0.39, 0.29) is 0 Å². The lowest BCUT2D eigenvalue weighted by molar-refractivity contribution is -0.143. The van der Waals surface area contributed by atoms with Crippen molar-refractivity contribution in [3.05, 3.63) is 23.0 Å². The summed E-state index contributed by atoms with van der Waals surface area (Å²) in [6, 6.07) is 0.336. The molecule has 0 bridgehead atoms. The second-order valence-corrected chi connectivity index (χ2v) is 2.89. The quantitative estimate of drug-likeness (QED) is 0.781. The van der Waals surface area contributed by atoms with Crippen molar-refractivity contribution in [2.24, 2.45) is 5.73 Å². The first-order valence-electron chi connectivity index (χ1n) is 4.05. The lowest BCUT2D eigenvalue weighted by Gasteiger charge is -2.13. The number of rotatable bonds is 2. The average Bonchev–Trinajstić information content (AvgIpc) is 2.15. The van der Waals surface area contributed by atoms with E-state index in [0.29, 0.717) is 6.07 Å². The van der Waals surface area contributed by atoms with E-state index in [1.807, 2.05) is 0 Å². The minimum atomic E-state index is -5.01. The van der Waals surface area contributed by atoms with Gasteiger partial charge in [0.25, 0.3) is 6.43 Å². The molecule has 1 rings (SSSR count). The SMILES string of the molecule is NCc1nc(C(F)(F)F)c(C(F)F)cc1O. The Morgan fingerprint density at radius 1 is 1.38 bits per heavy atom. The van der Waals surface area contributed by atoms with Crippen LogP contribution in [0.4, 0.5) is 22.0 Å². The van der Waals surface area contributed by atoms with Gasteiger partial charge in [-0.25, -0.2) is 13.8 Å². The van der Waals surface area contributed by atoms with Crippen molar-refractivity contribution in [1.82, 2.24) is 4.98 Å². The highest BCUT2D eigenvalue weighted by atomic mass is 19.4. The zero-order valence-electron chi connectivity index (χ0n) is 7.72. The Labute approximate surface area is 86.7 Å². The summed E-state index contributed by atoms with van der Waals surface area (Å²) in [6.07, 6.45) is -8.38. The van der Waals surface area contributed by atoms with E-state index in [4.69, 9.17) is 10.8 Å². The molecule has 0 spiro atoms. The molecule has 0 aliphatic rings. The van der Waals surface area contributed by atoms with Gasteiger partial charge in [-0.3, -0.25) is 0 Å². The van der Waals surface area contributed by atoms with E-state index in [0.717, 1.165) is 0 Å². The molecule has 0 aliphatic carbocycles. The predicted octanol–water partition coefficient (Wildman–Crippen LogP) is 2.20. The zero-order chi connectivity index (χ0) is 12.5. The molecule has 3 N–H and O–H groups in total. The third-order valence-electron chi connectivity index (χ3n) is 1.81. The van der Waals surface area contributed by atoms with E-state index < -0.39 is 41.8 Å². The molecule has 0 saturated heterocycles. The first kappa shape index (κ1) is 12.6. The third-order valence-corrected chi connectivity index (χ3v) is 1.81. The van der Waals surface area contributed by atoms with Crippen LogP contribution in [0.2, 0.25) is 0 Å². The van der Waals surface area contributed by atoms with Gasteiger partial charge in [0.1, 0.15) is 5.75 Å². The summed E-state index contributed by atoms with van der Waals surface area (Å²) in [4.78, 5) is 2.90. The molecule has 90 valence electrons. The van der Waals surface area contributed by atoms with Crippen LogP contribution in [0, 0.1) is 0 Å². The minimum Gasteiger partial charge on any atom is -0.506 e. The van der Waals surface area contributed by atoms with E-state index in [2.05, 4.69) is 4.98 Å². The fourth-order valence-corrected chi connectivity index (χ4v) is 1.10. The Bertz CT molecular complexity index is 391. The van der Waals surface area contributed by atoms with Crippen LogP contribution in [0.3, 0.4) is 0 Å². The Balaban J connectivity index is 3.43. The summed E-state index contributed by atoms with van der Waals surface area (Å²) in [5.74, 6) is -0.772. The fraction of sp³-hybridized carbons (Fsp3) is 0.375. The maximum absolute atomic E-state index is 12.3. The number of alkyl halides is 5. The third kappa shape index (κ3) is 2.38. The minimum absolute atomic E-state index is 0.336. The van der Waals surface area contributed by atoms with Crippen molar-refractivity contribution in [3.63, 3.8) is 0 Å². The molecule has 3 nitrogen and oxygen atoms in total. The number of halogens is 5. The smallest absolute Gasteiger partial charge is 0.433 e. The van der Waals surface area contributed by atoms with Crippen LogP contribution >= 0.6 is 0 Å². The molecule has 1 aromatic heterocycles. The van der Waals surface area contributed by atoms with E-state index in [9.17, 15) is 22.0 Å². The van der Waals surface area contributed by atoms with Crippen LogP contribution in [0.25, 0.3) is 0 Å². The summed E-state index contributed by atoms with van der Waals surface area (Å²) < 4.78 is 61.6. The summed E-state index contributed by atoms with van der Waals surface area (Å²) in [5.41, 5.74) is 1.46. The molecule has 0 saturated carbocycles. The average molecular weight is 242 g/mol. The maximum atomic E-state index is 12.3. The Hall–Kier alpha value is -1.44. The summed E-state index contributed by atoms with van der Waals surface area (Å²) in [6.45, 7) is -0.474. The van der Waals surface area contributed by atoms with Crippen LogP contribution in [-0.4, -0.2) is 10.1 Å². The molecule has 1 aromatic rings. The number of hydrogen-bond acceptors (Lipinski definition) is 3. The highest BCUT2D eigenvalue weighted by Crippen LogP contribution is 2.37. The first-order chi connectivity index (χ1) is 7.27. The molecular formula is C8H7F5N2O. The number of aromatic nitrogens is 1. The molecule has 0 amide bonds. The first-order valence-corrected chi connectivity index (χ1v) is 4.05. The highest BCUT2D eigenvalue weighted by Gasteiger charge is 2.38. The van der Waals surface area contributed by atoms with E-state index >= 15 is 0 Å². The van der Waals surface area contributed by atoms with Crippen molar-refractivity contribution in [2.45, 2.75) is 19.1 Å². The number of nitrogens with two attached hydrogens (primary N) is 1. The molecule has 0 unspecified atom stereocenters. The molecular weight excluding hydrogens is 235 g/mol. The molecule has 0 radical (unpaired) electrons. The van der Waals surface area contributed by atoms with E-state index in [1.165, 1.54) is 0 Å². The summed E-state index contributed by atoms with van der Waals surface area (Å²) in [5, 5.41) is 9.09. The lowest BCUT2D eigenvalue weighted by atomic mass is 10.1. The van der Waals surface area contributed by atoms with Gasteiger partial charge >= 0.3 is 6.18 Å². The molecule has 0 aromatic carbocycles. The largest absolute Gasteiger partial charge is 0.506 e. The van der Waals surface area contributed by atoms with Crippen LogP contribution in [0.1, 0.15) is 23.4 Å². The lowest BCUT2D eigenvalue weighted by Crippen LogP contribution is -2.15. The normalized spacial score (nSPS) is 12.2. The van der Waals surface area contributed by atoms with Gasteiger partial charge in [0.2, 0.25) is 0 Å². The summed E-state index contributed by atoms with van der Waals surface area (Å²) >= 11 is 0. The van der Waals surface area contributed by atoms with Crippen molar-refractivity contribution < 1.29 is 27.1 Å². The van der Waals surface area contributed by atoms with Gasteiger partial charge in [0.05, 0.1) is 11.3 Å². The Kier molecular flexibility index (Phi) is 3.32. The van der Waals surface area contributed by atoms with Gasteiger partial charge in [-0.2, -0.15) is 13.2 Å². The second kappa shape index (κ2) is 4.20. The standard InChI is InChI=1S/C8H7F5N2O/c9-7(10)3-1-5(16)4(2-14)15-6(3)8(11,12)13/h1,7,16H,2,14H2. The monoisotopic (exact) mass is 242 g/mol. The molecule has 16 heavy (non-hydrogen) atoms. The van der Waals surface area contributed by atoms with Crippen LogP contribution in [0.15, 0.2) is 6.07 Å². The molecule has 0 atom stereocenters. The van der Waals surface area contributed by atoms with Crippen LogP contribution < -0.4 is 5.73 Å². The molecule has 8 heteroatoms. The number of hydrogen-bond donors (Lipinski definition) is 2. The zero-order valence-corrected chi connectivity index (χ0v) is 7.72. The number of nitrogens with zero attached hydrogens (tertiary/aromatic N) is 1. The molecule has 0 fully saturated rings. The van der Waals surface area contributed by atoms with Gasteiger partial charge in [-0.1, -0.05) is 0 Å². The van der Waals surface area contributed by atoms with Crippen molar-refractivity contribution in [1.29, 1.82) is 0 Å². The Morgan fingerprint density at radius 3 is 2.31 bits per heavy atom. The number of aromatic hydroxyl groups is 1. The van der Waals surface area contributed by atoms with Crippen molar-refractivity contribution >= 4 is 0 Å². The topological polar surface area (TPSA) is 59.1 Å². The molecule has 0 aliphatic heterocycles.